The quantitative estimate of drug-likeness (QED) is 0.629. The third-order valence-corrected chi connectivity index (χ3v) is 5.03. The highest BCUT2D eigenvalue weighted by molar-refractivity contribution is 5.90. The number of rotatable bonds is 7. The van der Waals surface area contributed by atoms with Gasteiger partial charge in [0.05, 0.1) is 6.04 Å². The maximum Gasteiger partial charge on any atom is 0.246 e. The molecule has 146 valence electrons. The summed E-state index contributed by atoms with van der Waals surface area (Å²) in [5.41, 5.74) is 0.777. The van der Waals surface area contributed by atoms with Gasteiger partial charge in [-0.2, -0.15) is 0 Å². The van der Waals surface area contributed by atoms with E-state index in [9.17, 15) is 14.4 Å². The molecule has 3 atom stereocenters. The van der Waals surface area contributed by atoms with Gasteiger partial charge in [-0.25, -0.2) is 0 Å². The van der Waals surface area contributed by atoms with E-state index in [1.807, 2.05) is 30.3 Å². The third-order valence-electron chi connectivity index (χ3n) is 5.03. The number of carbonyl (C=O) groups excluding carboxylic acids is 3. The van der Waals surface area contributed by atoms with Crippen LogP contribution < -0.4 is 16.0 Å². The summed E-state index contributed by atoms with van der Waals surface area (Å²) in [6.07, 6.45) is 1.60. The van der Waals surface area contributed by atoms with Gasteiger partial charge >= 0.3 is 0 Å². The molecule has 0 spiro atoms. The van der Waals surface area contributed by atoms with Crippen LogP contribution in [0.3, 0.4) is 0 Å². The number of benzene rings is 1. The Labute approximate surface area is 158 Å². The number of para-hydroxylation sites is 1. The van der Waals surface area contributed by atoms with Crippen LogP contribution in [0.2, 0.25) is 0 Å². The van der Waals surface area contributed by atoms with E-state index in [2.05, 4.69) is 20.9 Å². The predicted molar refractivity (Wildman–Crippen MR) is 100 cm³/mol. The van der Waals surface area contributed by atoms with Crippen LogP contribution in [0.25, 0.3) is 0 Å². The molecular weight excluding hydrogens is 348 g/mol. The van der Waals surface area contributed by atoms with Gasteiger partial charge in [0.1, 0.15) is 6.61 Å². The smallest absolute Gasteiger partial charge is 0.246 e. The van der Waals surface area contributed by atoms with E-state index in [1.165, 1.54) is 7.11 Å². The number of amides is 3. The Morgan fingerprint density at radius 3 is 2.78 bits per heavy atom. The number of fused-ring (bicyclic) bond motifs is 1. The van der Waals surface area contributed by atoms with Crippen LogP contribution in [0.4, 0.5) is 5.69 Å². The number of ether oxygens (including phenoxy) is 1. The number of hydrogen-bond acceptors (Lipinski definition) is 5. The lowest BCUT2D eigenvalue weighted by molar-refractivity contribution is -0.129. The molecule has 0 saturated carbocycles. The van der Waals surface area contributed by atoms with Crippen molar-refractivity contribution in [3.8, 4) is 0 Å². The van der Waals surface area contributed by atoms with Crippen LogP contribution in [0.1, 0.15) is 19.3 Å². The maximum atomic E-state index is 12.2. The van der Waals surface area contributed by atoms with E-state index < -0.39 is 0 Å². The SMILES string of the molecule is COCC(=O)NC1CC2C(=O)NCC(CCC(=O)Nc3ccccc3)N2C1. The maximum absolute atomic E-state index is 12.2. The summed E-state index contributed by atoms with van der Waals surface area (Å²) in [6.45, 7) is 1.14. The van der Waals surface area contributed by atoms with Gasteiger partial charge < -0.3 is 20.7 Å². The number of carbonyl (C=O) groups is 3. The molecule has 2 heterocycles. The van der Waals surface area contributed by atoms with E-state index in [0.29, 0.717) is 32.4 Å². The molecule has 0 radical (unpaired) electrons. The first-order chi connectivity index (χ1) is 13.1. The number of nitrogens with zero attached hydrogens (tertiary/aromatic N) is 1. The highest BCUT2D eigenvalue weighted by Crippen LogP contribution is 2.26. The Balaban J connectivity index is 1.52. The van der Waals surface area contributed by atoms with E-state index in [4.69, 9.17) is 4.74 Å². The molecule has 3 N–H and O–H groups in total. The van der Waals surface area contributed by atoms with Gasteiger partial charge in [0.15, 0.2) is 0 Å². The first kappa shape index (κ1) is 19.3. The summed E-state index contributed by atoms with van der Waals surface area (Å²) in [4.78, 5) is 38.3. The van der Waals surface area contributed by atoms with Gasteiger partial charge in [-0.1, -0.05) is 18.2 Å². The zero-order valence-electron chi connectivity index (χ0n) is 15.4. The lowest BCUT2D eigenvalue weighted by Crippen LogP contribution is -2.58. The van der Waals surface area contributed by atoms with Crippen molar-refractivity contribution in [2.45, 2.75) is 37.4 Å². The van der Waals surface area contributed by atoms with Gasteiger partial charge in [0.25, 0.3) is 0 Å². The molecule has 27 heavy (non-hydrogen) atoms. The van der Waals surface area contributed by atoms with Crippen LogP contribution in [0.15, 0.2) is 30.3 Å². The fraction of sp³-hybridized carbons (Fsp3) is 0.526. The van der Waals surface area contributed by atoms with E-state index in [1.54, 1.807) is 0 Å². The topological polar surface area (TPSA) is 99.8 Å². The second kappa shape index (κ2) is 8.96. The highest BCUT2D eigenvalue weighted by atomic mass is 16.5. The summed E-state index contributed by atoms with van der Waals surface area (Å²) >= 11 is 0. The first-order valence-corrected chi connectivity index (χ1v) is 9.23. The minimum atomic E-state index is -0.256. The van der Waals surface area contributed by atoms with Crippen LogP contribution >= 0.6 is 0 Å². The number of methoxy groups -OCH3 is 1. The van der Waals surface area contributed by atoms with Gasteiger partial charge in [-0.15, -0.1) is 0 Å². The van der Waals surface area contributed by atoms with Crippen molar-refractivity contribution >= 4 is 23.4 Å². The van der Waals surface area contributed by atoms with Gasteiger partial charge in [0, 0.05) is 44.4 Å². The molecular formula is C19H26N4O4. The Bertz CT molecular complexity index is 682. The largest absolute Gasteiger partial charge is 0.375 e. The minimum Gasteiger partial charge on any atom is -0.375 e. The second-order valence-corrected chi connectivity index (χ2v) is 7.00. The number of piperazine rings is 1. The summed E-state index contributed by atoms with van der Waals surface area (Å²) in [7, 11) is 1.47. The van der Waals surface area contributed by atoms with E-state index >= 15 is 0 Å². The fourth-order valence-corrected chi connectivity index (χ4v) is 3.79. The lowest BCUT2D eigenvalue weighted by Gasteiger charge is -2.37. The van der Waals surface area contributed by atoms with Crippen LogP contribution in [0, 0.1) is 0 Å². The highest BCUT2D eigenvalue weighted by Gasteiger charge is 2.43. The van der Waals surface area contributed by atoms with Crippen molar-refractivity contribution in [3.05, 3.63) is 30.3 Å². The molecule has 3 rings (SSSR count). The number of hydrogen-bond donors (Lipinski definition) is 3. The van der Waals surface area contributed by atoms with Crippen LogP contribution in [0.5, 0.6) is 0 Å². The summed E-state index contributed by atoms with van der Waals surface area (Å²) in [5, 5.41) is 8.72. The van der Waals surface area contributed by atoms with Crippen molar-refractivity contribution in [2.24, 2.45) is 0 Å². The van der Waals surface area contributed by atoms with Crippen molar-refractivity contribution in [2.75, 3.05) is 32.1 Å². The lowest BCUT2D eigenvalue weighted by atomic mass is 10.0. The van der Waals surface area contributed by atoms with Crippen molar-refractivity contribution < 1.29 is 19.1 Å². The van der Waals surface area contributed by atoms with Crippen molar-refractivity contribution in [1.29, 1.82) is 0 Å². The van der Waals surface area contributed by atoms with Gasteiger partial charge in [0.2, 0.25) is 17.7 Å². The Hall–Kier alpha value is -2.45. The van der Waals surface area contributed by atoms with E-state index in [-0.39, 0.29) is 42.5 Å². The standard InChI is InChI=1S/C19H26N4O4/c1-27-12-18(25)22-14-9-16-19(26)20-10-15(23(16)11-14)7-8-17(24)21-13-5-3-2-4-6-13/h2-6,14-16H,7-12H2,1H3,(H,20,26)(H,21,24)(H,22,25). The Morgan fingerprint density at radius 2 is 2.04 bits per heavy atom. The monoisotopic (exact) mass is 374 g/mol. The average Bonchev–Trinajstić information content (AvgIpc) is 3.07. The number of nitrogens with one attached hydrogen (secondary N) is 3. The molecule has 3 unspecified atom stereocenters. The normalized spacial score (nSPS) is 24.8. The van der Waals surface area contributed by atoms with Gasteiger partial charge in [-0.05, 0) is 25.0 Å². The summed E-state index contributed by atoms with van der Waals surface area (Å²) in [6, 6.07) is 9.09. The summed E-state index contributed by atoms with van der Waals surface area (Å²) < 4.78 is 4.84. The molecule has 0 aromatic heterocycles. The molecule has 2 aliphatic heterocycles. The van der Waals surface area contributed by atoms with E-state index in [0.717, 1.165) is 5.69 Å². The molecule has 1 aromatic rings. The molecule has 0 bridgehead atoms. The zero-order valence-corrected chi connectivity index (χ0v) is 15.4. The zero-order chi connectivity index (χ0) is 19.2. The molecule has 8 nitrogen and oxygen atoms in total. The van der Waals surface area contributed by atoms with Gasteiger partial charge in [-0.3, -0.25) is 19.3 Å². The third kappa shape index (κ3) is 5.05. The molecule has 8 heteroatoms. The van der Waals surface area contributed by atoms with Crippen LogP contribution in [-0.4, -0.2) is 67.6 Å². The molecule has 2 saturated heterocycles. The van der Waals surface area contributed by atoms with Crippen LogP contribution in [-0.2, 0) is 19.1 Å². The van der Waals surface area contributed by atoms with Crippen molar-refractivity contribution in [1.82, 2.24) is 15.5 Å². The molecule has 1 aromatic carbocycles. The molecule has 3 amide bonds. The molecule has 0 aliphatic carbocycles. The Kier molecular flexibility index (Phi) is 6.41. The number of anilines is 1. The minimum absolute atomic E-state index is 0.0104. The Morgan fingerprint density at radius 1 is 1.26 bits per heavy atom. The predicted octanol–water partition coefficient (Wildman–Crippen LogP) is 0.109. The first-order valence-electron chi connectivity index (χ1n) is 9.23. The van der Waals surface area contributed by atoms with Crippen molar-refractivity contribution in [3.63, 3.8) is 0 Å². The molecule has 2 aliphatic rings. The molecule has 2 fully saturated rings. The summed E-state index contributed by atoms with van der Waals surface area (Å²) in [5.74, 6) is -0.233. The second-order valence-electron chi connectivity index (χ2n) is 7.00. The average molecular weight is 374 g/mol. The fourth-order valence-electron chi connectivity index (χ4n) is 3.79.